The summed E-state index contributed by atoms with van der Waals surface area (Å²) >= 11 is 4.43. The molecule has 4 heteroatoms. The Balaban J connectivity index is 2.24. The third kappa shape index (κ3) is 4.74. The monoisotopic (exact) mass is 244 g/mol. The van der Waals surface area contributed by atoms with Gasteiger partial charge >= 0.3 is 0 Å². The van der Waals surface area contributed by atoms with Gasteiger partial charge in [-0.25, -0.2) is 0 Å². The van der Waals surface area contributed by atoms with Crippen LogP contribution in [0.15, 0.2) is 0 Å². The summed E-state index contributed by atoms with van der Waals surface area (Å²) in [7, 11) is 0. The van der Waals surface area contributed by atoms with E-state index in [-0.39, 0.29) is 11.9 Å². The predicted molar refractivity (Wildman–Crippen MR) is 70.6 cm³/mol. The molecular weight excluding hydrogens is 220 g/mol. The molecule has 0 aliphatic carbocycles. The smallest absolute Gasteiger partial charge is 0.220 e. The first-order valence-electron chi connectivity index (χ1n) is 6.20. The SMILES string of the molecule is CC(C)NC(=O)CC1CCN(C(C)S)CC1. The van der Waals surface area contributed by atoms with Crippen molar-refractivity contribution >= 4 is 18.5 Å². The first-order valence-corrected chi connectivity index (χ1v) is 6.72. The van der Waals surface area contributed by atoms with Gasteiger partial charge in [-0.15, -0.1) is 0 Å². The van der Waals surface area contributed by atoms with Gasteiger partial charge in [-0.1, -0.05) is 0 Å². The van der Waals surface area contributed by atoms with E-state index in [1.54, 1.807) is 0 Å². The van der Waals surface area contributed by atoms with Crippen molar-refractivity contribution in [3.05, 3.63) is 0 Å². The number of thiol groups is 1. The van der Waals surface area contributed by atoms with Crippen molar-refractivity contribution in [3.8, 4) is 0 Å². The van der Waals surface area contributed by atoms with E-state index in [4.69, 9.17) is 0 Å². The molecule has 0 spiro atoms. The van der Waals surface area contributed by atoms with Crippen LogP contribution in [0.5, 0.6) is 0 Å². The van der Waals surface area contributed by atoms with Crippen molar-refractivity contribution in [1.82, 2.24) is 10.2 Å². The average Bonchev–Trinajstić information content (AvgIpc) is 2.16. The van der Waals surface area contributed by atoms with E-state index in [9.17, 15) is 4.79 Å². The number of nitrogens with one attached hydrogen (secondary N) is 1. The van der Waals surface area contributed by atoms with E-state index in [1.807, 2.05) is 13.8 Å². The average molecular weight is 244 g/mol. The van der Waals surface area contributed by atoms with Crippen LogP contribution in [-0.2, 0) is 4.79 Å². The molecule has 1 saturated heterocycles. The number of piperidine rings is 1. The van der Waals surface area contributed by atoms with Gasteiger partial charge < -0.3 is 5.32 Å². The van der Waals surface area contributed by atoms with Gasteiger partial charge in [0.2, 0.25) is 5.91 Å². The molecule has 3 nitrogen and oxygen atoms in total. The molecule has 0 saturated carbocycles. The molecule has 1 fully saturated rings. The summed E-state index contributed by atoms with van der Waals surface area (Å²) in [6, 6.07) is 0.255. The first kappa shape index (κ1) is 13.8. The summed E-state index contributed by atoms with van der Waals surface area (Å²) < 4.78 is 0. The molecule has 0 bridgehead atoms. The maximum Gasteiger partial charge on any atom is 0.220 e. The molecule has 0 aromatic rings. The van der Waals surface area contributed by atoms with Crippen LogP contribution in [0.25, 0.3) is 0 Å². The Morgan fingerprint density at radius 1 is 1.38 bits per heavy atom. The normalized spacial score (nSPS) is 21.1. The van der Waals surface area contributed by atoms with Gasteiger partial charge in [-0.2, -0.15) is 12.6 Å². The number of likely N-dealkylation sites (tertiary alicyclic amines) is 1. The molecule has 1 aliphatic heterocycles. The molecular formula is C12H24N2OS. The molecule has 1 amide bonds. The van der Waals surface area contributed by atoms with Crippen molar-refractivity contribution in [2.75, 3.05) is 13.1 Å². The van der Waals surface area contributed by atoms with E-state index in [0.29, 0.717) is 17.7 Å². The zero-order valence-electron chi connectivity index (χ0n) is 10.6. The maximum absolute atomic E-state index is 11.6. The summed E-state index contributed by atoms with van der Waals surface area (Å²) in [5, 5.41) is 3.29. The van der Waals surface area contributed by atoms with Gasteiger partial charge in [0.25, 0.3) is 0 Å². The van der Waals surface area contributed by atoms with Crippen LogP contribution < -0.4 is 5.32 Å². The number of hydrogen-bond donors (Lipinski definition) is 2. The van der Waals surface area contributed by atoms with Crippen LogP contribution >= 0.6 is 12.6 Å². The lowest BCUT2D eigenvalue weighted by Gasteiger charge is -2.33. The van der Waals surface area contributed by atoms with Gasteiger partial charge in [0, 0.05) is 17.8 Å². The zero-order chi connectivity index (χ0) is 12.1. The van der Waals surface area contributed by atoms with Gasteiger partial charge in [0.15, 0.2) is 0 Å². The standard InChI is InChI=1S/C12H24N2OS/c1-9(2)13-12(15)8-11-4-6-14(7-5-11)10(3)16/h9-11,16H,4-8H2,1-3H3,(H,13,15). The van der Waals surface area contributed by atoms with E-state index < -0.39 is 0 Å². The third-order valence-electron chi connectivity index (χ3n) is 3.10. The number of amides is 1. The number of nitrogens with zero attached hydrogens (tertiary/aromatic N) is 1. The lowest BCUT2D eigenvalue weighted by molar-refractivity contribution is -0.122. The Morgan fingerprint density at radius 2 is 1.94 bits per heavy atom. The molecule has 1 unspecified atom stereocenters. The van der Waals surface area contributed by atoms with Gasteiger partial charge in [-0.05, 0) is 52.6 Å². The highest BCUT2D eigenvalue weighted by molar-refractivity contribution is 7.80. The van der Waals surface area contributed by atoms with Crippen molar-refractivity contribution < 1.29 is 4.79 Å². The topological polar surface area (TPSA) is 32.3 Å². The number of rotatable bonds is 4. The Bertz CT molecular complexity index is 223. The quantitative estimate of drug-likeness (QED) is 0.740. The lowest BCUT2D eigenvalue weighted by atomic mass is 9.93. The molecule has 1 aliphatic rings. The van der Waals surface area contributed by atoms with Crippen LogP contribution in [0.3, 0.4) is 0 Å². The minimum Gasteiger partial charge on any atom is -0.354 e. The fraction of sp³-hybridized carbons (Fsp3) is 0.917. The maximum atomic E-state index is 11.6. The molecule has 16 heavy (non-hydrogen) atoms. The van der Waals surface area contributed by atoms with Crippen LogP contribution in [0.4, 0.5) is 0 Å². The summed E-state index contributed by atoms with van der Waals surface area (Å²) in [5.41, 5.74) is 0. The minimum atomic E-state index is 0.201. The largest absolute Gasteiger partial charge is 0.354 e. The fourth-order valence-electron chi connectivity index (χ4n) is 2.17. The second-order valence-corrected chi connectivity index (χ2v) is 5.78. The van der Waals surface area contributed by atoms with E-state index in [0.717, 1.165) is 25.9 Å². The Labute approximate surface area is 104 Å². The van der Waals surface area contributed by atoms with E-state index in [1.165, 1.54) is 0 Å². The summed E-state index contributed by atoms with van der Waals surface area (Å²) in [5.74, 6) is 0.759. The highest BCUT2D eigenvalue weighted by Crippen LogP contribution is 2.22. The summed E-state index contributed by atoms with van der Waals surface area (Å²) in [6.45, 7) is 8.26. The Hall–Kier alpha value is -0.220. The Morgan fingerprint density at radius 3 is 2.38 bits per heavy atom. The van der Waals surface area contributed by atoms with Crippen molar-refractivity contribution in [3.63, 3.8) is 0 Å². The summed E-state index contributed by atoms with van der Waals surface area (Å²) in [6.07, 6.45) is 2.93. The molecule has 94 valence electrons. The molecule has 1 atom stereocenters. The number of carbonyl (C=O) groups is 1. The summed E-state index contributed by atoms with van der Waals surface area (Å²) in [4.78, 5) is 14.0. The van der Waals surface area contributed by atoms with Crippen molar-refractivity contribution in [1.29, 1.82) is 0 Å². The third-order valence-corrected chi connectivity index (χ3v) is 3.43. The highest BCUT2D eigenvalue weighted by atomic mass is 32.1. The van der Waals surface area contributed by atoms with E-state index in [2.05, 4.69) is 29.8 Å². The lowest BCUT2D eigenvalue weighted by Crippen LogP contribution is -2.39. The highest BCUT2D eigenvalue weighted by Gasteiger charge is 2.22. The number of carbonyl (C=O) groups excluding carboxylic acids is 1. The molecule has 1 N–H and O–H groups in total. The minimum absolute atomic E-state index is 0.201. The number of hydrogen-bond acceptors (Lipinski definition) is 3. The van der Waals surface area contributed by atoms with Gasteiger partial charge in [-0.3, -0.25) is 9.69 Å². The zero-order valence-corrected chi connectivity index (χ0v) is 11.5. The van der Waals surface area contributed by atoms with E-state index >= 15 is 0 Å². The second-order valence-electron chi connectivity index (χ2n) is 5.04. The fourth-order valence-corrected chi connectivity index (χ4v) is 2.40. The van der Waals surface area contributed by atoms with Crippen LogP contribution in [0.2, 0.25) is 0 Å². The second kappa shape index (κ2) is 6.50. The molecule has 0 radical (unpaired) electrons. The van der Waals surface area contributed by atoms with Crippen molar-refractivity contribution in [2.45, 2.75) is 51.4 Å². The van der Waals surface area contributed by atoms with Crippen LogP contribution in [0.1, 0.15) is 40.0 Å². The molecule has 0 aromatic heterocycles. The molecule has 1 heterocycles. The Kier molecular flexibility index (Phi) is 5.62. The molecule has 0 aromatic carbocycles. The van der Waals surface area contributed by atoms with Gasteiger partial charge in [0.05, 0.1) is 0 Å². The molecule has 1 rings (SSSR count). The predicted octanol–water partition coefficient (Wildman–Crippen LogP) is 1.89. The van der Waals surface area contributed by atoms with Gasteiger partial charge in [0.1, 0.15) is 0 Å². The first-order chi connectivity index (χ1) is 7.49. The van der Waals surface area contributed by atoms with Crippen molar-refractivity contribution in [2.24, 2.45) is 5.92 Å². The van der Waals surface area contributed by atoms with Crippen LogP contribution in [0, 0.1) is 5.92 Å². The van der Waals surface area contributed by atoms with Crippen LogP contribution in [-0.4, -0.2) is 35.3 Å².